The lowest BCUT2D eigenvalue weighted by atomic mass is 10.1. The Morgan fingerprint density at radius 1 is 0.951 bits per heavy atom. The van der Waals surface area contributed by atoms with Gasteiger partial charge < -0.3 is 19.3 Å². The number of carbonyl (C=O) groups excluding carboxylic acids is 1. The maximum atomic E-state index is 13.4. The number of sulfonamides is 1. The van der Waals surface area contributed by atoms with Gasteiger partial charge in [-0.25, -0.2) is 8.42 Å². The summed E-state index contributed by atoms with van der Waals surface area (Å²) in [5.74, 6) is 2.16. The fourth-order valence-corrected chi connectivity index (χ4v) is 6.03. The van der Waals surface area contributed by atoms with Gasteiger partial charge in [0.15, 0.2) is 5.82 Å². The second kappa shape index (κ2) is 13.3. The normalized spacial score (nSPS) is 14.0. The number of benzene rings is 2. The van der Waals surface area contributed by atoms with Gasteiger partial charge in [-0.05, 0) is 55.7 Å². The van der Waals surface area contributed by atoms with Gasteiger partial charge in [0, 0.05) is 44.4 Å². The largest absolute Gasteiger partial charge is 0.497 e. The first-order valence-electron chi connectivity index (χ1n) is 13.8. The minimum atomic E-state index is -3.80. The molecule has 0 atom stereocenters. The number of nitrogens with zero attached hydrogens (tertiary/aromatic N) is 5. The third kappa shape index (κ3) is 7.34. The van der Waals surface area contributed by atoms with E-state index >= 15 is 0 Å². The van der Waals surface area contributed by atoms with Gasteiger partial charge in [-0.3, -0.25) is 4.79 Å². The number of aryl methyl sites for hydroxylation is 1. The molecule has 0 aliphatic carbocycles. The van der Waals surface area contributed by atoms with Crippen molar-refractivity contribution in [3.05, 3.63) is 60.2 Å². The average Bonchev–Trinajstić information content (AvgIpc) is 2.99. The molecule has 220 valence electrons. The van der Waals surface area contributed by atoms with E-state index in [4.69, 9.17) is 9.47 Å². The van der Waals surface area contributed by atoms with E-state index in [1.165, 1.54) is 4.31 Å². The minimum absolute atomic E-state index is 0.179. The number of ether oxygens (including phenoxy) is 2. The van der Waals surface area contributed by atoms with Crippen LogP contribution in [0.2, 0.25) is 0 Å². The number of carbonyl (C=O) groups is 1. The van der Waals surface area contributed by atoms with E-state index in [0.717, 1.165) is 11.1 Å². The van der Waals surface area contributed by atoms with Crippen LogP contribution in [0.5, 0.6) is 11.5 Å². The number of amides is 1. The van der Waals surface area contributed by atoms with Gasteiger partial charge in [-0.1, -0.05) is 31.5 Å². The summed E-state index contributed by atoms with van der Waals surface area (Å²) < 4.78 is 38.9. The van der Waals surface area contributed by atoms with Crippen molar-refractivity contribution in [1.82, 2.24) is 19.4 Å². The average molecular weight is 582 g/mol. The first-order valence-corrected chi connectivity index (χ1v) is 15.2. The van der Waals surface area contributed by atoms with Gasteiger partial charge in [0.1, 0.15) is 11.5 Å². The Kier molecular flexibility index (Phi) is 9.82. The van der Waals surface area contributed by atoms with Crippen molar-refractivity contribution >= 4 is 21.7 Å². The topological polar surface area (TPSA) is 105 Å². The third-order valence-corrected chi connectivity index (χ3v) is 9.08. The number of aromatic nitrogens is 2. The van der Waals surface area contributed by atoms with Crippen molar-refractivity contribution < 1.29 is 22.7 Å². The Balaban J connectivity index is 1.40. The van der Waals surface area contributed by atoms with Crippen molar-refractivity contribution in [1.29, 1.82) is 0 Å². The number of piperazine rings is 1. The maximum absolute atomic E-state index is 13.4. The number of hydrogen-bond acceptors (Lipinski definition) is 8. The van der Waals surface area contributed by atoms with E-state index in [1.54, 1.807) is 49.5 Å². The molecule has 2 heterocycles. The zero-order chi connectivity index (χ0) is 29.6. The van der Waals surface area contributed by atoms with Gasteiger partial charge >= 0.3 is 0 Å². The Bertz CT molecular complexity index is 1420. The lowest BCUT2D eigenvalue weighted by molar-refractivity contribution is -0.131. The molecule has 1 amide bonds. The Hall–Kier alpha value is -3.70. The quantitative estimate of drug-likeness (QED) is 0.336. The summed E-state index contributed by atoms with van der Waals surface area (Å²) in [5, 5.41) is 8.84. The van der Waals surface area contributed by atoms with Crippen LogP contribution >= 0.6 is 0 Å². The Morgan fingerprint density at radius 2 is 1.66 bits per heavy atom. The van der Waals surface area contributed by atoms with Crippen molar-refractivity contribution in [2.75, 3.05) is 58.4 Å². The van der Waals surface area contributed by atoms with Gasteiger partial charge in [-0.2, -0.15) is 4.31 Å². The molecule has 3 aromatic rings. The number of methoxy groups -OCH3 is 2. The SMILES string of the molecule is COc1ccc(-c2ccc(N3CCN(C(=O)CN(CCC(C)C)S(=O)(=O)c4ccc(C)cc4)CC3)nn2)c(OC)c1. The van der Waals surface area contributed by atoms with Gasteiger partial charge in [-0.15, -0.1) is 10.2 Å². The maximum Gasteiger partial charge on any atom is 0.243 e. The molecule has 0 unspecified atom stereocenters. The van der Waals surface area contributed by atoms with Crippen LogP contribution in [0.3, 0.4) is 0 Å². The molecule has 1 aromatic heterocycles. The van der Waals surface area contributed by atoms with E-state index in [9.17, 15) is 13.2 Å². The first-order chi connectivity index (χ1) is 19.6. The predicted molar refractivity (Wildman–Crippen MR) is 159 cm³/mol. The number of rotatable bonds is 11. The van der Waals surface area contributed by atoms with E-state index in [0.29, 0.717) is 68.1 Å². The van der Waals surface area contributed by atoms with Crippen molar-refractivity contribution in [2.45, 2.75) is 32.1 Å². The lowest BCUT2D eigenvalue weighted by Gasteiger charge is -2.36. The van der Waals surface area contributed by atoms with Gasteiger partial charge in [0.25, 0.3) is 0 Å². The van der Waals surface area contributed by atoms with Crippen LogP contribution in [0.15, 0.2) is 59.5 Å². The van der Waals surface area contributed by atoms with Crippen LogP contribution in [0.1, 0.15) is 25.8 Å². The summed E-state index contributed by atoms with van der Waals surface area (Å²) in [6, 6.07) is 16.1. The molecule has 1 aliphatic heterocycles. The predicted octanol–water partition coefficient (Wildman–Crippen LogP) is 3.85. The zero-order valence-corrected chi connectivity index (χ0v) is 25.2. The summed E-state index contributed by atoms with van der Waals surface area (Å²) in [6.45, 7) is 8.19. The summed E-state index contributed by atoms with van der Waals surface area (Å²) in [6.07, 6.45) is 0.670. The molecule has 0 saturated carbocycles. The minimum Gasteiger partial charge on any atom is -0.497 e. The number of hydrogen-bond donors (Lipinski definition) is 0. The third-order valence-electron chi connectivity index (χ3n) is 7.22. The molecule has 0 N–H and O–H groups in total. The van der Waals surface area contributed by atoms with E-state index in [-0.39, 0.29) is 17.3 Å². The Labute approximate surface area is 242 Å². The summed E-state index contributed by atoms with van der Waals surface area (Å²) in [5.41, 5.74) is 2.47. The summed E-state index contributed by atoms with van der Waals surface area (Å²) in [4.78, 5) is 17.3. The van der Waals surface area contributed by atoms with Crippen molar-refractivity contribution in [3.63, 3.8) is 0 Å². The second-order valence-corrected chi connectivity index (χ2v) is 12.5. The smallest absolute Gasteiger partial charge is 0.243 e. The first kappa shape index (κ1) is 30.3. The monoisotopic (exact) mass is 581 g/mol. The molecule has 1 aliphatic rings. The highest BCUT2D eigenvalue weighted by atomic mass is 32.2. The molecule has 0 radical (unpaired) electrons. The highest BCUT2D eigenvalue weighted by Crippen LogP contribution is 2.32. The van der Waals surface area contributed by atoms with Crippen LogP contribution < -0.4 is 14.4 Å². The van der Waals surface area contributed by atoms with Crippen LogP contribution in [0.4, 0.5) is 5.82 Å². The molecular formula is C30H39N5O5S. The molecule has 4 rings (SSSR count). The van der Waals surface area contributed by atoms with Gasteiger partial charge in [0.2, 0.25) is 15.9 Å². The second-order valence-electron chi connectivity index (χ2n) is 10.5. The molecule has 2 aromatic carbocycles. The van der Waals surface area contributed by atoms with E-state index in [1.807, 2.05) is 45.0 Å². The van der Waals surface area contributed by atoms with Crippen LogP contribution in [-0.2, 0) is 14.8 Å². The molecule has 10 nitrogen and oxygen atoms in total. The molecule has 41 heavy (non-hydrogen) atoms. The molecule has 0 spiro atoms. The standard InChI is InChI=1S/C30H39N5O5S/c1-22(2)14-15-35(41(37,38)25-9-6-23(3)7-10-25)21-30(36)34-18-16-33(17-19-34)29-13-12-27(31-32-29)26-11-8-24(39-4)20-28(26)40-5/h6-13,20,22H,14-19,21H2,1-5H3. The highest BCUT2D eigenvalue weighted by Gasteiger charge is 2.30. The van der Waals surface area contributed by atoms with E-state index < -0.39 is 10.0 Å². The molecular weight excluding hydrogens is 542 g/mol. The summed E-state index contributed by atoms with van der Waals surface area (Å²) in [7, 11) is -0.593. The highest BCUT2D eigenvalue weighted by molar-refractivity contribution is 7.89. The fourth-order valence-electron chi connectivity index (χ4n) is 4.63. The lowest BCUT2D eigenvalue weighted by Crippen LogP contribution is -2.52. The molecule has 0 bridgehead atoms. The van der Waals surface area contributed by atoms with Crippen molar-refractivity contribution in [2.24, 2.45) is 5.92 Å². The Morgan fingerprint density at radius 3 is 2.24 bits per heavy atom. The van der Waals surface area contributed by atoms with Gasteiger partial charge in [0.05, 0.1) is 31.4 Å². The summed E-state index contributed by atoms with van der Waals surface area (Å²) >= 11 is 0. The fraction of sp³-hybridized carbons (Fsp3) is 0.433. The zero-order valence-electron chi connectivity index (χ0n) is 24.4. The molecule has 1 fully saturated rings. The molecule has 11 heteroatoms. The van der Waals surface area contributed by atoms with Crippen molar-refractivity contribution in [3.8, 4) is 22.8 Å². The number of anilines is 1. The van der Waals surface area contributed by atoms with Crippen LogP contribution in [0, 0.1) is 12.8 Å². The van der Waals surface area contributed by atoms with Crippen LogP contribution in [0.25, 0.3) is 11.3 Å². The molecule has 1 saturated heterocycles. The van der Waals surface area contributed by atoms with E-state index in [2.05, 4.69) is 15.1 Å². The van der Waals surface area contributed by atoms with Crippen LogP contribution in [-0.4, -0.2) is 87.2 Å².